The zero-order valence-corrected chi connectivity index (χ0v) is 45.7. The average Bonchev–Trinajstić information content (AvgIpc) is 3.33. The predicted molar refractivity (Wildman–Crippen MR) is 295 cm³/mol. The lowest BCUT2D eigenvalue weighted by Crippen LogP contribution is -2.40. The third-order valence-electron chi connectivity index (χ3n) is 11.9. The van der Waals surface area contributed by atoms with Crippen molar-refractivity contribution in [3.63, 3.8) is 0 Å². The van der Waals surface area contributed by atoms with Gasteiger partial charge in [-0.1, -0.05) is 208 Å². The molecule has 0 amide bonds. The highest BCUT2D eigenvalue weighted by atomic mass is 16.7. The number of esters is 2. The molecule has 0 aromatic heterocycles. The number of aliphatic carboxylic acids is 1. The van der Waals surface area contributed by atoms with Crippen LogP contribution in [-0.2, 0) is 33.3 Å². The van der Waals surface area contributed by atoms with Gasteiger partial charge in [-0.05, 0) is 89.9 Å². The van der Waals surface area contributed by atoms with Crippen molar-refractivity contribution < 1.29 is 42.9 Å². The molecule has 2 atom stereocenters. The average molecular weight is 982 g/mol. The third kappa shape index (κ3) is 52.3. The maximum absolute atomic E-state index is 12.9. The smallest absolute Gasteiger partial charge is 0.361 e. The molecule has 402 valence electrons. The molecule has 0 heterocycles. The highest BCUT2D eigenvalue weighted by molar-refractivity contribution is 5.71. The second kappa shape index (κ2) is 51.8. The first-order valence-corrected chi connectivity index (χ1v) is 28.3. The van der Waals surface area contributed by atoms with Crippen LogP contribution in [-0.4, -0.2) is 87.4 Å². The number of carboxylic acid groups (broad SMARTS) is 1. The second-order valence-corrected chi connectivity index (χ2v) is 19.9. The number of carbonyl (C=O) groups is 3. The number of hydrogen-bond donors (Lipinski definition) is 1. The zero-order chi connectivity index (χ0) is 51.3. The normalized spacial score (nSPS) is 13.4. The number of carboxylic acids is 1. The number of rotatable bonds is 51. The van der Waals surface area contributed by atoms with Crippen molar-refractivity contribution in [2.24, 2.45) is 0 Å². The lowest BCUT2D eigenvalue weighted by atomic mass is 10.0. The number of nitrogens with zero attached hydrogens (tertiary/aromatic N) is 1. The molecular weight excluding hydrogens is 875 g/mol. The number of quaternary nitrogens is 1. The molecular formula is C61H106NO8+. The molecule has 0 bridgehead atoms. The van der Waals surface area contributed by atoms with Crippen LogP contribution in [0.4, 0.5) is 0 Å². The second-order valence-electron chi connectivity index (χ2n) is 19.9. The summed E-state index contributed by atoms with van der Waals surface area (Å²) in [4.78, 5) is 37.4. The summed E-state index contributed by atoms with van der Waals surface area (Å²) in [6.45, 7) is 4.73. The molecule has 1 N–H and O–H groups in total. The molecule has 0 radical (unpaired) electrons. The molecule has 0 spiro atoms. The van der Waals surface area contributed by atoms with E-state index >= 15 is 0 Å². The Kier molecular flexibility index (Phi) is 49.2. The highest BCUT2D eigenvalue weighted by Gasteiger charge is 2.25. The van der Waals surface area contributed by atoms with Crippen LogP contribution in [0.1, 0.15) is 226 Å². The van der Waals surface area contributed by atoms with E-state index in [2.05, 4.69) is 98.9 Å². The van der Waals surface area contributed by atoms with Crippen molar-refractivity contribution >= 4 is 17.9 Å². The fourth-order valence-corrected chi connectivity index (χ4v) is 7.54. The molecule has 0 aromatic rings. The first-order chi connectivity index (χ1) is 34.1. The van der Waals surface area contributed by atoms with Crippen LogP contribution in [0.5, 0.6) is 0 Å². The minimum Gasteiger partial charge on any atom is -0.477 e. The van der Waals surface area contributed by atoms with Crippen molar-refractivity contribution in [3.8, 4) is 0 Å². The van der Waals surface area contributed by atoms with Gasteiger partial charge in [0, 0.05) is 12.8 Å². The van der Waals surface area contributed by atoms with Gasteiger partial charge in [0.15, 0.2) is 6.10 Å². The van der Waals surface area contributed by atoms with Crippen molar-refractivity contribution in [1.29, 1.82) is 0 Å². The van der Waals surface area contributed by atoms with E-state index < -0.39 is 24.3 Å². The molecule has 70 heavy (non-hydrogen) atoms. The lowest BCUT2D eigenvalue weighted by Gasteiger charge is -2.25. The Balaban J connectivity index is 4.24. The maximum atomic E-state index is 12.9. The van der Waals surface area contributed by atoms with Crippen molar-refractivity contribution in [1.82, 2.24) is 0 Å². The van der Waals surface area contributed by atoms with Gasteiger partial charge < -0.3 is 28.5 Å². The Morgan fingerprint density at radius 2 is 0.814 bits per heavy atom. The molecule has 0 aliphatic heterocycles. The van der Waals surface area contributed by atoms with Crippen LogP contribution in [0.2, 0.25) is 0 Å². The quantitative estimate of drug-likeness (QED) is 0.0211. The van der Waals surface area contributed by atoms with Crippen LogP contribution in [0.15, 0.2) is 85.1 Å². The molecule has 0 aromatic carbocycles. The zero-order valence-electron chi connectivity index (χ0n) is 45.7. The van der Waals surface area contributed by atoms with Crippen molar-refractivity contribution in [2.75, 3.05) is 47.5 Å². The molecule has 0 aliphatic carbocycles. The topological polar surface area (TPSA) is 108 Å². The van der Waals surface area contributed by atoms with Crippen molar-refractivity contribution in [3.05, 3.63) is 85.1 Å². The summed E-state index contributed by atoms with van der Waals surface area (Å²) in [7, 11) is 5.96. The van der Waals surface area contributed by atoms with E-state index in [1.807, 2.05) is 21.1 Å². The first kappa shape index (κ1) is 66.5. The number of unbranched alkanes of at least 4 members (excludes halogenated alkanes) is 22. The number of carbonyl (C=O) groups excluding carboxylic acids is 2. The Bertz CT molecular complexity index is 1420. The standard InChI is InChI=1S/C61H105NO8/c1-6-8-10-12-14-16-18-20-22-24-25-26-27-28-29-30-31-32-33-34-35-36-38-40-42-44-46-48-50-52-59(64)70-57(56-69-61(60(65)66)67-54-53-62(3,4)5)55-68-58(63)51-49-47-45-43-41-39-37-23-21-19-17-15-13-11-9-7-2/h8,10,14,16-17,19-20,22-23,25-26,28-29,37,57,61H,6-7,9,11-13,15,18,21,24,27,30-36,38-56H2,1-5H3/p+1/b10-8-,16-14-,19-17-,22-20-,26-25-,29-28-,37-23-. The highest BCUT2D eigenvalue weighted by Crippen LogP contribution is 2.15. The van der Waals surface area contributed by atoms with Gasteiger partial charge in [0.25, 0.3) is 6.29 Å². The Morgan fingerprint density at radius 3 is 1.21 bits per heavy atom. The van der Waals surface area contributed by atoms with Gasteiger partial charge >= 0.3 is 17.9 Å². The van der Waals surface area contributed by atoms with E-state index in [1.165, 1.54) is 96.3 Å². The molecule has 0 aliphatic rings. The van der Waals surface area contributed by atoms with Crippen LogP contribution in [0.25, 0.3) is 0 Å². The fraction of sp³-hybridized carbons (Fsp3) is 0.721. The fourth-order valence-electron chi connectivity index (χ4n) is 7.54. The number of likely N-dealkylation sites (N-methyl/N-ethyl adjacent to an activating group) is 1. The van der Waals surface area contributed by atoms with E-state index in [1.54, 1.807) is 0 Å². The van der Waals surface area contributed by atoms with E-state index in [0.717, 1.165) is 96.3 Å². The van der Waals surface area contributed by atoms with Crippen LogP contribution in [0, 0.1) is 0 Å². The van der Waals surface area contributed by atoms with E-state index in [4.69, 9.17) is 18.9 Å². The summed E-state index contributed by atoms with van der Waals surface area (Å²) >= 11 is 0. The van der Waals surface area contributed by atoms with E-state index in [-0.39, 0.29) is 38.6 Å². The SMILES string of the molecule is CC/C=C\C/C=C\C/C=C\C/C=C\C/C=C\CCCCCCCCCCCCCCCC(=O)OC(COC(=O)CCCCCCC/C=C\C/C=C\CCCCCC)COC(OCC[N+](C)(C)C)C(=O)O. The largest absolute Gasteiger partial charge is 0.477 e. The molecule has 0 fully saturated rings. The molecule has 9 heteroatoms. The molecule has 9 nitrogen and oxygen atoms in total. The number of allylic oxidation sites excluding steroid dienone is 14. The third-order valence-corrected chi connectivity index (χ3v) is 11.9. The summed E-state index contributed by atoms with van der Waals surface area (Å²) < 4.78 is 22.8. The van der Waals surface area contributed by atoms with Gasteiger partial charge in [-0.2, -0.15) is 0 Å². The van der Waals surface area contributed by atoms with Crippen molar-refractivity contribution in [2.45, 2.75) is 238 Å². The summed E-state index contributed by atoms with van der Waals surface area (Å²) in [6.07, 6.45) is 65.1. The summed E-state index contributed by atoms with van der Waals surface area (Å²) in [6, 6.07) is 0. The summed E-state index contributed by atoms with van der Waals surface area (Å²) in [5.41, 5.74) is 0. The van der Waals surface area contributed by atoms with Gasteiger partial charge in [-0.15, -0.1) is 0 Å². The molecule has 2 unspecified atom stereocenters. The van der Waals surface area contributed by atoms with Gasteiger partial charge in [-0.3, -0.25) is 9.59 Å². The Hall–Kier alpha value is -3.53. The van der Waals surface area contributed by atoms with E-state index in [0.29, 0.717) is 17.4 Å². The van der Waals surface area contributed by atoms with Crippen LogP contribution >= 0.6 is 0 Å². The molecule has 0 rings (SSSR count). The van der Waals surface area contributed by atoms with Crippen LogP contribution < -0.4 is 0 Å². The summed E-state index contributed by atoms with van der Waals surface area (Å²) in [5, 5.41) is 9.69. The molecule has 0 saturated heterocycles. The number of ether oxygens (including phenoxy) is 4. The monoisotopic (exact) mass is 981 g/mol. The van der Waals surface area contributed by atoms with Gasteiger partial charge in [-0.25, -0.2) is 4.79 Å². The molecule has 0 saturated carbocycles. The Labute approximate surface area is 430 Å². The van der Waals surface area contributed by atoms with Gasteiger partial charge in [0.05, 0.1) is 34.4 Å². The van der Waals surface area contributed by atoms with Gasteiger partial charge in [0.1, 0.15) is 13.2 Å². The van der Waals surface area contributed by atoms with Crippen LogP contribution in [0.3, 0.4) is 0 Å². The minimum atomic E-state index is -1.52. The van der Waals surface area contributed by atoms with E-state index in [9.17, 15) is 19.5 Å². The number of hydrogen-bond acceptors (Lipinski definition) is 7. The van der Waals surface area contributed by atoms with Gasteiger partial charge in [0.2, 0.25) is 0 Å². The predicted octanol–water partition coefficient (Wildman–Crippen LogP) is 16.4. The first-order valence-electron chi connectivity index (χ1n) is 28.3. The maximum Gasteiger partial charge on any atom is 0.361 e. The minimum absolute atomic E-state index is 0.182. The lowest BCUT2D eigenvalue weighted by molar-refractivity contribution is -0.870. The summed E-state index contributed by atoms with van der Waals surface area (Å²) in [5.74, 6) is -2.03. The Morgan fingerprint density at radius 1 is 0.443 bits per heavy atom.